The van der Waals surface area contributed by atoms with Crippen molar-refractivity contribution in [2.45, 2.75) is 18.9 Å². The number of rotatable bonds is 6. The Hall–Kier alpha value is -2.70. The van der Waals surface area contributed by atoms with Gasteiger partial charge in [0.05, 0.1) is 12.8 Å². The maximum Gasteiger partial charge on any atom is 0.248 e. The van der Waals surface area contributed by atoms with Gasteiger partial charge in [-0.15, -0.1) is 11.3 Å². The van der Waals surface area contributed by atoms with Gasteiger partial charge < -0.3 is 10.1 Å². The zero-order valence-electron chi connectivity index (χ0n) is 15.8. The van der Waals surface area contributed by atoms with Crippen molar-refractivity contribution in [1.29, 1.82) is 0 Å². The number of hydrogen-bond donors (Lipinski definition) is 1. The Kier molecular flexibility index (Phi) is 5.69. The predicted molar refractivity (Wildman–Crippen MR) is 113 cm³/mol. The van der Waals surface area contributed by atoms with E-state index >= 15 is 0 Å². The number of ether oxygens (including phenoxy) is 1. The zero-order valence-corrected chi connectivity index (χ0v) is 16.6. The number of carbonyl (C=O) groups is 1. The maximum absolute atomic E-state index is 13.2. The second-order valence-corrected chi connectivity index (χ2v) is 7.64. The minimum atomic E-state index is -0.290. The summed E-state index contributed by atoms with van der Waals surface area (Å²) in [5.74, 6) is 0.735. The third-order valence-electron chi connectivity index (χ3n) is 4.99. The predicted octanol–water partition coefficient (Wildman–Crippen LogP) is 4.59. The van der Waals surface area contributed by atoms with Gasteiger partial charge in [-0.2, -0.15) is 0 Å². The van der Waals surface area contributed by atoms with E-state index in [0.29, 0.717) is 5.13 Å². The normalized spacial score (nSPS) is 15.3. The summed E-state index contributed by atoms with van der Waals surface area (Å²) >= 11 is 1.43. The minimum absolute atomic E-state index is 0.0333. The van der Waals surface area contributed by atoms with Crippen LogP contribution in [-0.4, -0.2) is 36.0 Å². The van der Waals surface area contributed by atoms with E-state index in [1.54, 1.807) is 7.11 Å². The topological polar surface area (TPSA) is 54.5 Å². The lowest BCUT2D eigenvalue weighted by molar-refractivity contribution is -0.121. The molecule has 0 aliphatic carbocycles. The highest BCUT2D eigenvalue weighted by Gasteiger charge is 2.30. The molecule has 6 heteroatoms. The van der Waals surface area contributed by atoms with E-state index < -0.39 is 0 Å². The van der Waals surface area contributed by atoms with Gasteiger partial charge in [0.1, 0.15) is 11.8 Å². The van der Waals surface area contributed by atoms with Crippen LogP contribution < -0.4 is 10.1 Å². The number of benzene rings is 2. The Morgan fingerprint density at radius 3 is 2.57 bits per heavy atom. The number of nitrogens with zero attached hydrogens (tertiary/aromatic N) is 2. The maximum atomic E-state index is 13.2. The lowest BCUT2D eigenvalue weighted by atomic mass is 10.0. The van der Waals surface area contributed by atoms with Gasteiger partial charge in [-0.3, -0.25) is 9.69 Å². The molecule has 1 amide bonds. The highest BCUT2D eigenvalue weighted by atomic mass is 32.1. The molecule has 0 spiro atoms. The van der Waals surface area contributed by atoms with E-state index in [2.05, 4.69) is 15.2 Å². The average molecular weight is 394 g/mol. The molecule has 1 saturated heterocycles. The van der Waals surface area contributed by atoms with Crippen LogP contribution in [0.15, 0.2) is 60.0 Å². The van der Waals surface area contributed by atoms with Crippen molar-refractivity contribution in [1.82, 2.24) is 9.88 Å². The lowest BCUT2D eigenvalue weighted by Crippen LogP contribution is -2.35. The molecular formula is C22H23N3O2S. The van der Waals surface area contributed by atoms with Crippen LogP contribution in [0, 0.1) is 0 Å². The SMILES string of the molecule is COc1ccccc1-c1csc(NC(=O)C(c2ccccc2)N2CCCC2)n1. The molecule has 1 atom stereocenters. The fourth-order valence-corrected chi connectivity index (χ4v) is 4.36. The first-order valence-electron chi connectivity index (χ1n) is 9.45. The van der Waals surface area contributed by atoms with Crippen molar-refractivity contribution >= 4 is 22.4 Å². The number of hydrogen-bond acceptors (Lipinski definition) is 5. The van der Waals surface area contributed by atoms with Gasteiger partial charge >= 0.3 is 0 Å². The third-order valence-corrected chi connectivity index (χ3v) is 5.74. The Morgan fingerprint density at radius 1 is 1.11 bits per heavy atom. The molecule has 3 aromatic rings. The summed E-state index contributed by atoms with van der Waals surface area (Å²) in [5, 5.41) is 5.58. The quantitative estimate of drug-likeness (QED) is 0.665. The van der Waals surface area contributed by atoms with Crippen LogP contribution in [0.25, 0.3) is 11.3 Å². The summed E-state index contributed by atoms with van der Waals surface area (Å²) in [5.41, 5.74) is 2.74. The van der Waals surface area contributed by atoms with Gasteiger partial charge in [0, 0.05) is 10.9 Å². The van der Waals surface area contributed by atoms with Gasteiger partial charge in [-0.05, 0) is 43.6 Å². The van der Waals surface area contributed by atoms with Crippen molar-refractivity contribution < 1.29 is 9.53 Å². The Labute approximate surface area is 169 Å². The number of anilines is 1. The number of aromatic nitrogens is 1. The number of nitrogens with one attached hydrogen (secondary N) is 1. The van der Waals surface area contributed by atoms with Crippen LogP contribution >= 0.6 is 11.3 Å². The molecule has 1 fully saturated rings. The standard InChI is InChI=1S/C22H23N3O2S/c1-27-19-12-6-5-11-17(19)18-15-28-22(23-18)24-21(26)20(25-13-7-8-14-25)16-9-3-2-4-10-16/h2-6,9-12,15,20H,7-8,13-14H2,1H3,(H,23,24,26). The summed E-state index contributed by atoms with van der Waals surface area (Å²) in [6.45, 7) is 1.88. The van der Waals surface area contributed by atoms with Gasteiger partial charge in [0.15, 0.2) is 5.13 Å². The third kappa shape index (κ3) is 3.93. The summed E-state index contributed by atoms with van der Waals surface area (Å²) in [6, 6.07) is 17.4. The molecule has 2 aromatic carbocycles. The first-order chi connectivity index (χ1) is 13.8. The monoisotopic (exact) mass is 393 g/mol. The number of carbonyl (C=O) groups excluding carboxylic acids is 1. The van der Waals surface area contributed by atoms with E-state index in [4.69, 9.17) is 4.74 Å². The molecule has 1 unspecified atom stereocenters. The minimum Gasteiger partial charge on any atom is -0.496 e. The summed E-state index contributed by atoms with van der Waals surface area (Å²) in [7, 11) is 1.65. The van der Waals surface area contributed by atoms with E-state index in [1.807, 2.05) is 60.0 Å². The summed E-state index contributed by atoms with van der Waals surface area (Å²) in [6.07, 6.45) is 2.26. The first-order valence-corrected chi connectivity index (χ1v) is 10.3. The van der Waals surface area contributed by atoms with Crippen LogP contribution in [0.5, 0.6) is 5.75 Å². The van der Waals surface area contributed by atoms with E-state index in [0.717, 1.165) is 48.5 Å². The number of amides is 1. The second kappa shape index (κ2) is 8.54. The average Bonchev–Trinajstić information content (AvgIpc) is 3.41. The highest BCUT2D eigenvalue weighted by molar-refractivity contribution is 7.14. The molecule has 1 aliphatic heterocycles. The van der Waals surface area contributed by atoms with Crippen LogP contribution in [0.3, 0.4) is 0 Å². The fourth-order valence-electron chi connectivity index (χ4n) is 3.65. The molecule has 0 bridgehead atoms. The molecule has 4 rings (SSSR count). The summed E-state index contributed by atoms with van der Waals surface area (Å²) < 4.78 is 5.42. The van der Waals surface area contributed by atoms with Gasteiger partial charge in [-0.25, -0.2) is 4.98 Å². The van der Waals surface area contributed by atoms with Gasteiger partial charge in [0.25, 0.3) is 0 Å². The lowest BCUT2D eigenvalue weighted by Gasteiger charge is -2.26. The van der Waals surface area contributed by atoms with Crippen molar-refractivity contribution in [2.24, 2.45) is 0 Å². The molecule has 1 aliphatic rings. The van der Waals surface area contributed by atoms with Crippen LogP contribution in [0.1, 0.15) is 24.4 Å². The largest absolute Gasteiger partial charge is 0.496 e. The number of thiazole rings is 1. The Morgan fingerprint density at radius 2 is 1.82 bits per heavy atom. The smallest absolute Gasteiger partial charge is 0.248 e. The van der Waals surface area contributed by atoms with Gasteiger partial charge in [0.2, 0.25) is 5.91 Å². The number of likely N-dealkylation sites (tertiary alicyclic amines) is 1. The molecule has 144 valence electrons. The second-order valence-electron chi connectivity index (χ2n) is 6.78. The molecular weight excluding hydrogens is 370 g/mol. The van der Waals surface area contributed by atoms with Crippen LogP contribution in [0.2, 0.25) is 0 Å². The highest BCUT2D eigenvalue weighted by Crippen LogP contribution is 2.33. The number of para-hydroxylation sites is 1. The molecule has 5 nitrogen and oxygen atoms in total. The van der Waals surface area contributed by atoms with Crippen LogP contribution in [0.4, 0.5) is 5.13 Å². The van der Waals surface area contributed by atoms with Crippen molar-refractivity contribution in [3.05, 3.63) is 65.5 Å². The van der Waals surface area contributed by atoms with E-state index in [9.17, 15) is 4.79 Å². The van der Waals surface area contributed by atoms with E-state index in [1.165, 1.54) is 11.3 Å². The zero-order chi connectivity index (χ0) is 19.3. The molecule has 0 radical (unpaired) electrons. The van der Waals surface area contributed by atoms with Crippen LogP contribution in [-0.2, 0) is 4.79 Å². The Balaban J connectivity index is 1.56. The Bertz CT molecular complexity index is 936. The molecule has 1 N–H and O–H groups in total. The molecule has 28 heavy (non-hydrogen) atoms. The number of methoxy groups -OCH3 is 1. The fraction of sp³-hybridized carbons (Fsp3) is 0.273. The molecule has 1 aromatic heterocycles. The molecule has 2 heterocycles. The van der Waals surface area contributed by atoms with Crippen molar-refractivity contribution in [2.75, 3.05) is 25.5 Å². The van der Waals surface area contributed by atoms with Gasteiger partial charge in [-0.1, -0.05) is 42.5 Å². The summed E-state index contributed by atoms with van der Waals surface area (Å²) in [4.78, 5) is 20.0. The van der Waals surface area contributed by atoms with Crippen molar-refractivity contribution in [3.8, 4) is 17.0 Å². The first kappa shape index (κ1) is 18.7. The molecule has 0 saturated carbocycles. The van der Waals surface area contributed by atoms with E-state index in [-0.39, 0.29) is 11.9 Å². The van der Waals surface area contributed by atoms with Crippen molar-refractivity contribution in [3.63, 3.8) is 0 Å².